The van der Waals surface area contributed by atoms with Crippen LogP contribution in [0.1, 0.15) is 131 Å². The minimum Gasteiger partial charge on any atom is -0.305 e. The Morgan fingerprint density at radius 1 is 0.714 bits per heavy atom. The summed E-state index contributed by atoms with van der Waals surface area (Å²) in [5.41, 5.74) is -1.19. The Kier molecular flexibility index (Phi) is 19.2. The lowest BCUT2D eigenvalue weighted by Gasteiger charge is -2.36. The number of carbonyl (C=O) groups excluding carboxylic acids is 2. The molecular weight excluding hydrogens is 432 g/mol. The van der Waals surface area contributed by atoms with Gasteiger partial charge in [-0.25, -0.2) is 0 Å². The lowest BCUT2D eigenvalue weighted by Crippen LogP contribution is -2.55. The first kappa shape index (κ1) is 33.7. The quantitative estimate of drug-likeness (QED) is 0.117. The first-order valence-corrected chi connectivity index (χ1v) is 14.4. The maximum Gasteiger partial charge on any atom is 0.166 e. The predicted molar refractivity (Wildman–Crippen MR) is 153 cm³/mol. The summed E-state index contributed by atoms with van der Waals surface area (Å²) in [6.45, 7) is 13.3. The molecule has 0 saturated carbocycles. The van der Waals surface area contributed by atoms with Gasteiger partial charge in [0.05, 0.1) is 17.6 Å². The number of hydrogen-bond acceptors (Lipinski definition) is 4. The molecule has 0 heterocycles. The molecule has 0 bridgehead atoms. The highest BCUT2D eigenvalue weighted by Gasteiger charge is 2.35. The third kappa shape index (κ3) is 16.2. The van der Waals surface area contributed by atoms with Crippen LogP contribution < -0.4 is 5.32 Å². The fourth-order valence-corrected chi connectivity index (χ4v) is 3.90. The maximum atomic E-state index is 12.9. The van der Waals surface area contributed by atoms with Crippen LogP contribution in [-0.2, 0) is 9.59 Å². The van der Waals surface area contributed by atoms with Gasteiger partial charge in [0.25, 0.3) is 0 Å². The molecule has 0 aromatic carbocycles. The zero-order valence-corrected chi connectivity index (χ0v) is 24.4. The Balaban J connectivity index is 4.05. The molecule has 0 saturated heterocycles. The van der Waals surface area contributed by atoms with E-state index in [0.717, 1.165) is 45.1 Å². The van der Waals surface area contributed by atoms with E-state index in [0.29, 0.717) is 6.42 Å². The highest BCUT2D eigenvalue weighted by molar-refractivity contribution is 5.91. The summed E-state index contributed by atoms with van der Waals surface area (Å²) < 4.78 is 0. The molecule has 0 unspecified atom stereocenters. The number of likely N-dealkylation sites (N-methyl/N-ethyl adjacent to an activating group) is 1. The van der Waals surface area contributed by atoms with Crippen molar-refractivity contribution in [2.45, 2.75) is 143 Å². The van der Waals surface area contributed by atoms with Gasteiger partial charge in [0, 0.05) is 6.42 Å². The molecule has 0 aromatic heterocycles. The molecule has 0 amide bonds. The molecule has 0 aliphatic carbocycles. The van der Waals surface area contributed by atoms with Crippen LogP contribution in [0.2, 0.25) is 0 Å². The van der Waals surface area contributed by atoms with Crippen molar-refractivity contribution >= 4 is 11.6 Å². The maximum absolute atomic E-state index is 12.9. The fraction of sp³-hybridized carbons (Fsp3) is 0.806. The average Bonchev–Trinajstić information content (AvgIpc) is 2.81. The molecule has 4 nitrogen and oxygen atoms in total. The van der Waals surface area contributed by atoms with Gasteiger partial charge in [-0.05, 0) is 86.2 Å². The van der Waals surface area contributed by atoms with Gasteiger partial charge in [0.15, 0.2) is 11.6 Å². The van der Waals surface area contributed by atoms with Crippen LogP contribution >= 0.6 is 0 Å². The summed E-state index contributed by atoms with van der Waals surface area (Å²) in [6, 6.07) is 0. The highest BCUT2D eigenvalue weighted by atomic mass is 16.1. The summed E-state index contributed by atoms with van der Waals surface area (Å²) in [7, 11) is 1.90. The van der Waals surface area contributed by atoms with Gasteiger partial charge in [-0.3, -0.25) is 14.5 Å². The van der Waals surface area contributed by atoms with Crippen molar-refractivity contribution in [3.63, 3.8) is 0 Å². The van der Waals surface area contributed by atoms with Gasteiger partial charge in [-0.1, -0.05) is 76.7 Å². The normalized spacial score (nSPS) is 12.9. The summed E-state index contributed by atoms with van der Waals surface area (Å²) >= 11 is 0. The standard InChI is InChI=1S/C31H58N2O2/c1-8-10-12-13-14-15-16-17-18-19-20-21-22-23-24-25-28(34)31(5,6)33(7)27-29(35)30(3,4)32-26-11-9-2/h14-15,17-18,32H,8-13,16,19-27H2,1-7H3/b15-14-,18-17-. The van der Waals surface area contributed by atoms with Crippen molar-refractivity contribution in [2.75, 3.05) is 20.1 Å². The molecule has 0 radical (unpaired) electrons. The molecule has 204 valence electrons. The molecule has 0 atom stereocenters. The Morgan fingerprint density at radius 2 is 1.26 bits per heavy atom. The molecular formula is C31H58N2O2. The van der Waals surface area contributed by atoms with Crippen LogP contribution in [0.3, 0.4) is 0 Å². The largest absolute Gasteiger partial charge is 0.305 e. The van der Waals surface area contributed by atoms with E-state index in [4.69, 9.17) is 0 Å². The molecule has 1 N–H and O–H groups in total. The number of carbonyl (C=O) groups is 2. The van der Waals surface area contributed by atoms with E-state index in [-0.39, 0.29) is 18.1 Å². The SMILES string of the molecule is CCCCC/C=C\C/C=C\CCCCCCCC(=O)C(C)(C)N(C)CC(=O)C(C)(C)NCCCC. The smallest absolute Gasteiger partial charge is 0.166 e. The fourth-order valence-electron chi connectivity index (χ4n) is 3.90. The van der Waals surface area contributed by atoms with E-state index >= 15 is 0 Å². The van der Waals surface area contributed by atoms with E-state index in [2.05, 4.69) is 43.5 Å². The second kappa shape index (κ2) is 19.9. The highest BCUT2D eigenvalue weighted by Crippen LogP contribution is 2.19. The van der Waals surface area contributed by atoms with Crippen molar-refractivity contribution in [2.24, 2.45) is 0 Å². The second-order valence-corrected chi connectivity index (χ2v) is 11.1. The molecule has 0 aliphatic heterocycles. The van der Waals surface area contributed by atoms with Gasteiger partial charge in [-0.2, -0.15) is 0 Å². The number of Topliss-reactive ketones (excluding diaryl/α,β-unsaturated/α-hetero) is 2. The van der Waals surface area contributed by atoms with E-state index in [1.54, 1.807) is 0 Å². The van der Waals surface area contributed by atoms with Crippen LogP contribution in [0.4, 0.5) is 0 Å². The number of ketones is 2. The Bertz CT molecular complexity index is 619. The molecule has 0 fully saturated rings. The molecule has 35 heavy (non-hydrogen) atoms. The third-order valence-electron chi connectivity index (χ3n) is 7.17. The van der Waals surface area contributed by atoms with Gasteiger partial charge in [-0.15, -0.1) is 0 Å². The van der Waals surface area contributed by atoms with Crippen LogP contribution in [-0.4, -0.2) is 47.7 Å². The zero-order valence-electron chi connectivity index (χ0n) is 24.4. The summed E-state index contributed by atoms with van der Waals surface area (Å²) in [5.74, 6) is 0.365. The summed E-state index contributed by atoms with van der Waals surface area (Å²) in [6.07, 6.45) is 25.0. The molecule has 0 aliphatic rings. The van der Waals surface area contributed by atoms with Crippen LogP contribution in [0.25, 0.3) is 0 Å². The van der Waals surface area contributed by atoms with Gasteiger partial charge in [0.2, 0.25) is 0 Å². The number of hydrogen-bond donors (Lipinski definition) is 1. The van der Waals surface area contributed by atoms with E-state index < -0.39 is 11.1 Å². The Morgan fingerprint density at radius 3 is 1.86 bits per heavy atom. The molecule has 0 aromatic rings. The van der Waals surface area contributed by atoms with Crippen molar-refractivity contribution in [1.29, 1.82) is 0 Å². The minimum atomic E-state index is -0.621. The lowest BCUT2D eigenvalue weighted by molar-refractivity contribution is -0.132. The van der Waals surface area contributed by atoms with Crippen LogP contribution in [0.15, 0.2) is 24.3 Å². The van der Waals surface area contributed by atoms with Crippen molar-refractivity contribution in [3.05, 3.63) is 24.3 Å². The molecule has 0 rings (SSSR count). The van der Waals surface area contributed by atoms with Crippen molar-refractivity contribution < 1.29 is 9.59 Å². The summed E-state index contributed by atoms with van der Waals surface area (Å²) in [4.78, 5) is 27.6. The Hall–Kier alpha value is -1.26. The van der Waals surface area contributed by atoms with Crippen LogP contribution in [0.5, 0.6) is 0 Å². The first-order chi connectivity index (χ1) is 16.6. The lowest BCUT2D eigenvalue weighted by atomic mass is 9.91. The zero-order chi connectivity index (χ0) is 26.6. The third-order valence-corrected chi connectivity index (χ3v) is 7.17. The van der Waals surface area contributed by atoms with Crippen molar-refractivity contribution in [3.8, 4) is 0 Å². The average molecular weight is 491 g/mol. The van der Waals surface area contributed by atoms with Crippen molar-refractivity contribution in [1.82, 2.24) is 10.2 Å². The van der Waals surface area contributed by atoms with E-state index in [9.17, 15) is 9.59 Å². The second-order valence-electron chi connectivity index (χ2n) is 11.1. The molecule has 0 spiro atoms. The number of nitrogens with zero attached hydrogens (tertiary/aromatic N) is 1. The predicted octanol–water partition coefficient (Wildman–Crippen LogP) is 7.82. The van der Waals surface area contributed by atoms with Gasteiger partial charge >= 0.3 is 0 Å². The number of allylic oxidation sites excluding steroid dienone is 4. The van der Waals surface area contributed by atoms with Gasteiger partial charge in [0.1, 0.15) is 0 Å². The molecule has 4 heteroatoms. The van der Waals surface area contributed by atoms with E-state index in [1.165, 1.54) is 44.9 Å². The Labute approximate surface area is 218 Å². The topological polar surface area (TPSA) is 49.4 Å². The number of rotatable bonds is 23. The monoisotopic (exact) mass is 490 g/mol. The first-order valence-electron chi connectivity index (χ1n) is 14.4. The van der Waals surface area contributed by atoms with Crippen LogP contribution in [0, 0.1) is 0 Å². The van der Waals surface area contributed by atoms with Gasteiger partial charge < -0.3 is 5.32 Å². The number of nitrogens with one attached hydrogen (secondary N) is 1. The number of unbranched alkanes of at least 4 members (excludes halogenated alkanes) is 9. The van der Waals surface area contributed by atoms with E-state index in [1.807, 2.05) is 39.6 Å². The minimum absolute atomic E-state index is 0.133. The summed E-state index contributed by atoms with van der Waals surface area (Å²) in [5, 5.41) is 3.36.